The van der Waals surface area contributed by atoms with Gasteiger partial charge in [0.15, 0.2) is 5.96 Å². The lowest BCUT2D eigenvalue weighted by atomic mass is 9.93. The highest BCUT2D eigenvalue weighted by Crippen LogP contribution is 2.24. The molecular weight excluding hydrogens is 509 g/mol. The first-order valence-corrected chi connectivity index (χ1v) is 10.9. The van der Waals surface area contributed by atoms with Gasteiger partial charge in [0.1, 0.15) is 5.01 Å². The van der Waals surface area contributed by atoms with Gasteiger partial charge in [0.2, 0.25) is 0 Å². The van der Waals surface area contributed by atoms with Gasteiger partial charge in [0, 0.05) is 43.5 Å². The Morgan fingerprint density at radius 1 is 1.23 bits per heavy atom. The molecule has 0 saturated heterocycles. The maximum atomic E-state index is 12.1. The fourth-order valence-corrected chi connectivity index (χ4v) is 3.60. The minimum atomic E-state index is 0. The lowest BCUT2D eigenvalue weighted by Crippen LogP contribution is -2.38. The normalized spacial score (nSPS) is 11.6. The Labute approximate surface area is 201 Å². The summed E-state index contributed by atoms with van der Waals surface area (Å²) in [4.78, 5) is 23.1. The number of halogens is 1. The molecule has 0 radical (unpaired) electrons. The molecule has 0 aliphatic heterocycles. The molecule has 0 bridgehead atoms. The average Bonchev–Trinajstić information content (AvgIpc) is 3.15. The molecule has 0 unspecified atom stereocenters. The third kappa shape index (κ3) is 8.22. The van der Waals surface area contributed by atoms with Crippen LogP contribution in [0.1, 0.15) is 54.3 Å². The van der Waals surface area contributed by atoms with Crippen LogP contribution in [0.5, 0.6) is 0 Å². The van der Waals surface area contributed by atoms with E-state index in [0.717, 1.165) is 41.7 Å². The molecule has 166 valence electrons. The van der Waals surface area contributed by atoms with E-state index in [1.165, 1.54) is 0 Å². The first-order valence-electron chi connectivity index (χ1n) is 9.98. The van der Waals surface area contributed by atoms with E-state index < -0.39 is 0 Å². The summed E-state index contributed by atoms with van der Waals surface area (Å²) in [5.41, 5.74) is 3.00. The van der Waals surface area contributed by atoms with Gasteiger partial charge in [-0.05, 0) is 31.0 Å². The summed E-state index contributed by atoms with van der Waals surface area (Å²) in [6.07, 6.45) is 0.810. The molecule has 2 rings (SSSR count). The van der Waals surface area contributed by atoms with Gasteiger partial charge in [-0.25, -0.2) is 9.98 Å². The number of hydrogen-bond donors (Lipinski definition) is 2. The molecule has 0 aliphatic rings. The molecule has 1 amide bonds. The van der Waals surface area contributed by atoms with Crippen molar-refractivity contribution in [3.63, 3.8) is 0 Å². The van der Waals surface area contributed by atoms with Crippen molar-refractivity contribution in [1.82, 2.24) is 20.5 Å². The standard InChI is InChI=1S/C22H33N5OS.HI/c1-7-23-21(25-14-19-26-18(15-29-19)22(2,3)4)24-12-11-16-9-8-10-17(13-16)20(28)27(5)6;/h8-10,13,15H,7,11-12,14H2,1-6H3,(H2,23,24,25);1H. The number of hydrogen-bond acceptors (Lipinski definition) is 4. The molecule has 2 aromatic rings. The molecule has 30 heavy (non-hydrogen) atoms. The van der Waals surface area contributed by atoms with E-state index in [1.807, 2.05) is 24.3 Å². The third-order valence-corrected chi connectivity index (χ3v) is 5.16. The predicted octanol–water partition coefficient (Wildman–Crippen LogP) is 4.06. The number of guanidine groups is 1. The van der Waals surface area contributed by atoms with E-state index in [9.17, 15) is 4.79 Å². The molecule has 8 heteroatoms. The fraction of sp³-hybridized carbons (Fsp3) is 0.500. The van der Waals surface area contributed by atoms with Gasteiger partial charge in [-0.3, -0.25) is 4.79 Å². The second-order valence-corrected chi connectivity index (χ2v) is 9.09. The number of nitrogens with zero attached hydrogens (tertiary/aromatic N) is 3. The summed E-state index contributed by atoms with van der Waals surface area (Å²) in [6.45, 7) is 10.6. The molecule has 2 N–H and O–H groups in total. The van der Waals surface area contributed by atoms with Crippen molar-refractivity contribution in [2.45, 2.75) is 46.1 Å². The number of carbonyl (C=O) groups is 1. The van der Waals surface area contributed by atoms with Gasteiger partial charge in [0.25, 0.3) is 5.91 Å². The van der Waals surface area contributed by atoms with Gasteiger partial charge >= 0.3 is 0 Å². The minimum absolute atomic E-state index is 0. The first-order chi connectivity index (χ1) is 13.7. The quantitative estimate of drug-likeness (QED) is 0.314. The van der Waals surface area contributed by atoms with Crippen LogP contribution in [0.25, 0.3) is 0 Å². The van der Waals surface area contributed by atoms with Crippen LogP contribution < -0.4 is 10.6 Å². The summed E-state index contributed by atoms with van der Waals surface area (Å²) >= 11 is 1.65. The van der Waals surface area contributed by atoms with Crippen LogP contribution in [-0.4, -0.2) is 48.9 Å². The Morgan fingerprint density at radius 2 is 1.97 bits per heavy atom. The van der Waals surface area contributed by atoms with Crippen molar-refractivity contribution in [3.05, 3.63) is 51.5 Å². The zero-order chi connectivity index (χ0) is 21.4. The Balaban J connectivity index is 0.00000450. The summed E-state index contributed by atoms with van der Waals surface area (Å²) in [5, 5.41) is 9.78. The summed E-state index contributed by atoms with van der Waals surface area (Å²) in [6, 6.07) is 7.78. The maximum Gasteiger partial charge on any atom is 0.253 e. The zero-order valence-corrected chi connectivity index (χ0v) is 21.9. The molecular formula is C22H34IN5OS. The number of thiazole rings is 1. The van der Waals surface area contributed by atoms with Gasteiger partial charge in [-0.1, -0.05) is 32.9 Å². The van der Waals surface area contributed by atoms with Gasteiger partial charge in [-0.2, -0.15) is 0 Å². The Hall–Kier alpha value is -1.68. The number of benzene rings is 1. The van der Waals surface area contributed by atoms with Crippen molar-refractivity contribution in [2.24, 2.45) is 4.99 Å². The number of rotatable bonds is 7. The van der Waals surface area contributed by atoms with Crippen LogP contribution in [0.15, 0.2) is 34.6 Å². The van der Waals surface area contributed by atoms with Crippen LogP contribution in [0.3, 0.4) is 0 Å². The fourth-order valence-electron chi connectivity index (χ4n) is 2.66. The number of nitrogens with one attached hydrogen (secondary N) is 2. The SMILES string of the molecule is CCNC(=NCc1nc(C(C)(C)C)cs1)NCCc1cccc(C(=O)N(C)C)c1.I. The van der Waals surface area contributed by atoms with Crippen LogP contribution in [0.4, 0.5) is 0 Å². The molecule has 0 atom stereocenters. The molecule has 0 saturated carbocycles. The highest BCUT2D eigenvalue weighted by molar-refractivity contribution is 14.0. The molecule has 1 aromatic carbocycles. The van der Waals surface area contributed by atoms with E-state index in [2.05, 4.69) is 48.7 Å². The third-order valence-electron chi connectivity index (χ3n) is 4.32. The zero-order valence-electron chi connectivity index (χ0n) is 18.8. The minimum Gasteiger partial charge on any atom is -0.357 e. The average molecular weight is 544 g/mol. The predicted molar refractivity (Wildman–Crippen MR) is 137 cm³/mol. The summed E-state index contributed by atoms with van der Waals surface area (Å²) in [7, 11) is 3.53. The van der Waals surface area contributed by atoms with E-state index in [1.54, 1.807) is 30.3 Å². The molecule has 0 aliphatic carbocycles. The lowest BCUT2D eigenvalue weighted by molar-refractivity contribution is 0.0827. The van der Waals surface area contributed by atoms with E-state index in [0.29, 0.717) is 12.1 Å². The van der Waals surface area contributed by atoms with Crippen LogP contribution in [0, 0.1) is 0 Å². The second-order valence-electron chi connectivity index (χ2n) is 8.15. The maximum absolute atomic E-state index is 12.1. The van der Waals surface area contributed by atoms with Crippen molar-refractivity contribution in [2.75, 3.05) is 27.2 Å². The largest absolute Gasteiger partial charge is 0.357 e. The number of aromatic nitrogens is 1. The van der Waals surface area contributed by atoms with Crippen molar-refractivity contribution < 1.29 is 4.79 Å². The Morgan fingerprint density at radius 3 is 2.57 bits per heavy atom. The highest BCUT2D eigenvalue weighted by Gasteiger charge is 2.17. The van der Waals surface area contributed by atoms with Crippen molar-refractivity contribution >= 4 is 47.2 Å². The highest BCUT2D eigenvalue weighted by atomic mass is 127. The second kappa shape index (κ2) is 12.2. The molecule has 0 fully saturated rings. The summed E-state index contributed by atoms with van der Waals surface area (Å²) in [5.74, 6) is 0.799. The van der Waals surface area contributed by atoms with E-state index >= 15 is 0 Å². The van der Waals surface area contributed by atoms with E-state index in [-0.39, 0.29) is 35.3 Å². The van der Waals surface area contributed by atoms with Crippen LogP contribution in [0.2, 0.25) is 0 Å². The molecule has 6 nitrogen and oxygen atoms in total. The Bertz CT molecular complexity index is 842. The lowest BCUT2D eigenvalue weighted by Gasteiger charge is -2.14. The van der Waals surface area contributed by atoms with Crippen molar-refractivity contribution in [3.8, 4) is 0 Å². The molecule has 1 aromatic heterocycles. The topological polar surface area (TPSA) is 69.6 Å². The van der Waals surface area contributed by atoms with Gasteiger partial charge in [0.05, 0.1) is 12.2 Å². The van der Waals surface area contributed by atoms with Crippen molar-refractivity contribution in [1.29, 1.82) is 0 Å². The Kier molecular flexibility index (Phi) is 10.8. The van der Waals surface area contributed by atoms with Gasteiger partial charge < -0.3 is 15.5 Å². The van der Waals surface area contributed by atoms with Crippen LogP contribution >= 0.6 is 35.3 Å². The molecule has 0 spiro atoms. The first kappa shape index (κ1) is 26.4. The number of amides is 1. The van der Waals surface area contributed by atoms with E-state index in [4.69, 9.17) is 4.98 Å². The monoisotopic (exact) mass is 543 g/mol. The number of aliphatic imine (C=N–C) groups is 1. The number of carbonyl (C=O) groups excluding carboxylic acids is 1. The van der Waals surface area contributed by atoms with Gasteiger partial charge in [-0.15, -0.1) is 35.3 Å². The van der Waals surface area contributed by atoms with Crippen LogP contribution in [-0.2, 0) is 18.4 Å². The smallest absolute Gasteiger partial charge is 0.253 e. The molecule has 1 heterocycles. The summed E-state index contributed by atoms with van der Waals surface area (Å²) < 4.78 is 0.